The summed E-state index contributed by atoms with van der Waals surface area (Å²) in [6.45, 7) is 3.06. The second-order valence-electron chi connectivity index (χ2n) is 4.66. The summed E-state index contributed by atoms with van der Waals surface area (Å²) in [7, 11) is 1.53. The zero-order valence-electron chi connectivity index (χ0n) is 12.1. The highest BCUT2D eigenvalue weighted by Gasteiger charge is 2.05. The Hall–Kier alpha value is -1.59. The number of nitrogens with one attached hydrogen (secondary N) is 1. The molecule has 0 spiro atoms. The van der Waals surface area contributed by atoms with E-state index in [1.54, 1.807) is 0 Å². The van der Waals surface area contributed by atoms with Crippen LogP contribution in [0.3, 0.4) is 0 Å². The lowest BCUT2D eigenvalue weighted by molar-refractivity contribution is -0.121. The summed E-state index contributed by atoms with van der Waals surface area (Å²) < 4.78 is 10.3. The third-order valence-electron chi connectivity index (χ3n) is 2.75. The Bertz CT molecular complexity index is 409. The van der Waals surface area contributed by atoms with Gasteiger partial charge >= 0.3 is 0 Å². The minimum absolute atomic E-state index is 0.0812. The molecule has 1 aromatic rings. The number of ether oxygens (including phenoxy) is 2. The van der Waals surface area contributed by atoms with Crippen LogP contribution in [0.25, 0.3) is 0 Å². The van der Waals surface area contributed by atoms with Crippen molar-refractivity contribution in [1.29, 1.82) is 0 Å². The number of aliphatic hydroxyl groups excluding tert-OH is 1. The largest absolute Gasteiger partial charge is 0.493 e. The summed E-state index contributed by atoms with van der Waals surface area (Å²) in [5.41, 5.74) is 1.12. The van der Waals surface area contributed by atoms with Crippen LogP contribution in [0, 0.1) is 6.92 Å². The van der Waals surface area contributed by atoms with E-state index in [1.807, 2.05) is 31.2 Å². The molecule has 0 aromatic heterocycles. The number of amides is 1. The van der Waals surface area contributed by atoms with Gasteiger partial charge in [0.05, 0.1) is 25.7 Å². The third kappa shape index (κ3) is 7.11. The van der Waals surface area contributed by atoms with Crippen molar-refractivity contribution in [2.24, 2.45) is 0 Å². The number of aliphatic hydroxyl groups is 1. The zero-order chi connectivity index (χ0) is 14.8. The van der Waals surface area contributed by atoms with Crippen LogP contribution >= 0.6 is 0 Å². The van der Waals surface area contributed by atoms with Gasteiger partial charge in [0, 0.05) is 13.7 Å². The quantitative estimate of drug-likeness (QED) is 0.715. The predicted octanol–water partition coefficient (Wildman–Crippen LogP) is 1.28. The van der Waals surface area contributed by atoms with Crippen molar-refractivity contribution >= 4 is 5.91 Å². The van der Waals surface area contributed by atoms with Crippen molar-refractivity contribution in [1.82, 2.24) is 5.32 Å². The van der Waals surface area contributed by atoms with Crippen molar-refractivity contribution in [3.8, 4) is 5.75 Å². The Kier molecular flexibility index (Phi) is 7.69. The molecule has 1 amide bonds. The second-order valence-corrected chi connectivity index (χ2v) is 4.66. The van der Waals surface area contributed by atoms with E-state index >= 15 is 0 Å². The topological polar surface area (TPSA) is 67.8 Å². The van der Waals surface area contributed by atoms with Gasteiger partial charge in [-0.15, -0.1) is 0 Å². The summed E-state index contributed by atoms with van der Waals surface area (Å²) in [6, 6.07) is 7.71. The number of hydrogen-bond donors (Lipinski definition) is 2. The molecule has 0 aliphatic carbocycles. The third-order valence-corrected chi connectivity index (χ3v) is 2.75. The lowest BCUT2D eigenvalue weighted by atomic mass is 10.2. The van der Waals surface area contributed by atoms with Crippen molar-refractivity contribution in [2.75, 3.05) is 26.9 Å². The summed E-state index contributed by atoms with van der Waals surface area (Å²) in [6.07, 6.45) is 0.246. The Morgan fingerprint density at radius 3 is 2.95 bits per heavy atom. The zero-order valence-corrected chi connectivity index (χ0v) is 12.1. The van der Waals surface area contributed by atoms with Crippen LogP contribution in [0.15, 0.2) is 24.3 Å². The van der Waals surface area contributed by atoms with Crippen LogP contribution < -0.4 is 10.1 Å². The molecule has 112 valence electrons. The molecule has 20 heavy (non-hydrogen) atoms. The molecule has 0 fully saturated rings. The lowest BCUT2D eigenvalue weighted by Gasteiger charge is -2.10. The van der Waals surface area contributed by atoms with Gasteiger partial charge in [0.15, 0.2) is 0 Å². The van der Waals surface area contributed by atoms with Gasteiger partial charge in [0.1, 0.15) is 5.75 Å². The average Bonchev–Trinajstić information content (AvgIpc) is 2.39. The van der Waals surface area contributed by atoms with Crippen LogP contribution in [-0.4, -0.2) is 44.0 Å². The summed E-state index contributed by atoms with van der Waals surface area (Å²) >= 11 is 0. The molecular weight excluding hydrogens is 258 g/mol. The highest BCUT2D eigenvalue weighted by molar-refractivity contribution is 5.75. The molecule has 0 aliphatic rings. The molecule has 5 heteroatoms. The first-order valence-electron chi connectivity index (χ1n) is 6.75. The fraction of sp³-hybridized carbons (Fsp3) is 0.533. The number of benzene rings is 1. The van der Waals surface area contributed by atoms with E-state index in [2.05, 4.69) is 5.32 Å². The van der Waals surface area contributed by atoms with Gasteiger partial charge in [-0.1, -0.05) is 12.1 Å². The number of hydrogen-bond acceptors (Lipinski definition) is 4. The summed E-state index contributed by atoms with van der Waals surface area (Å²) in [5, 5.41) is 12.1. The van der Waals surface area contributed by atoms with Gasteiger partial charge < -0.3 is 19.9 Å². The van der Waals surface area contributed by atoms with Crippen LogP contribution in [0.4, 0.5) is 0 Å². The molecule has 2 N–H and O–H groups in total. The van der Waals surface area contributed by atoms with Gasteiger partial charge in [-0.05, 0) is 31.0 Å². The maximum absolute atomic E-state index is 11.5. The molecule has 0 saturated heterocycles. The highest BCUT2D eigenvalue weighted by atomic mass is 16.5. The minimum Gasteiger partial charge on any atom is -0.493 e. The smallest absolute Gasteiger partial charge is 0.223 e. The highest BCUT2D eigenvalue weighted by Crippen LogP contribution is 2.12. The van der Waals surface area contributed by atoms with Crippen molar-refractivity contribution < 1.29 is 19.4 Å². The minimum atomic E-state index is -0.538. The fourth-order valence-corrected chi connectivity index (χ4v) is 1.71. The number of carbonyl (C=O) groups excluding carboxylic acids is 1. The normalized spacial score (nSPS) is 11.9. The van der Waals surface area contributed by atoms with E-state index in [0.29, 0.717) is 26.0 Å². The molecule has 1 atom stereocenters. The Labute approximate surface area is 119 Å². The Balaban J connectivity index is 2.11. The van der Waals surface area contributed by atoms with Crippen LogP contribution in [0.1, 0.15) is 18.4 Å². The predicted molar refractivity (Wildman–Crippen MR) is 76.8 cm³/mol. The molecule has 0 aliphatic heterocycles. The van der Waals surface area contributed by atoms with Crippen molar-refractivity contribution in [3.63, 3.8) is 0 Å². The van der Waals surface area contributed by atoms with Crippen LogP contribution in [-0.2, 0) is 9.53 Å². The van der Waals surface area contributed by atoms with Crippen LogP contribution in [0.2, 0.25) is 0 Å². The van der Waals surface area contributed by atoms with E-state index in [-0.39, 0.29) is 12.5 Å². The number of aryl methyl sites for hydroxylation is 1. The monoisotopic (exact) mass is 281 g/mol. The van der Waals surface area contributed by atoms with Crippen molar-refractivity contribution in [3.05, 3.63) is 29.8 Å². The average molecular weight is 281 g/mol. The SMILES string of the molecule is COCC(O)CCNC(=O)CCOc1cccc(C)c1. The van der Waals surface area contributed by atoms with Crippen LogP contribution in [0.5, 0.6) is 5.75 Å². The number of carbonyl (C=O) groups is 1. The second kappa shape index (κ2) is 9.34. The van der Waals surface area contributed by atoms with E-state index in [1.165, 1.54) is 7.11 Å². The fourth-order valence-electron chi connectivity index (χ4n) is 1.71. The molecule has 0 radical (unpaired) electrons. The van der Waals surface area contributed by atoms with E-state index in [4.69, 9.17) is 9.47 Å². The maximum atomic E-state index is 11.5. The first-order valence-corrected chi connectivity index (χ1v) is 6.75. The van der Waals surface area contributed by atoms with Crippen molar-refractivity contribution in [2.45, 2.75) is 25.9 Å². The molecule has 1 unspecified atom stereocenters. The molecule has 0 heterocycles. The number of rotatable bonds is 9. The first kappa shape index (κ1) is 16.5. The van der Waals surface area contributed by atoms with Gasteiger partial charge in [-0.2, -0.15) is 0 Å². The molecule has 1 aromatic carbocycles. The summed E-state index contributed by atoms with van der Waals surface area (Å²) in [4.78, 5) is 11.5. The van der Waals surface area contributed by atoms with Gasteiger partial charge in [0.25, 0.3) is 0 Å². The number of methoxy groups -OCH3 is 1. The molecule has 0 saturated carbocycles. The summed E-state index contributed by atoms with van der Waals surface area (Å²) in [5.74, 6) is 0.690. The lowest BCUT2D eigenvalue weighted by Crippen LogP contribution is -2.29. The van der Waals surface area contributed by atoms with Gasteiger partial charge in [0.2, 0.25) is 5.91 Å². The molecule has 1 rings (SSSR count). The molecule has 5 nitrogen and oxygen atoms in total. The first-order chi connectivity index (χ1) is 9.61. The standard InChI is InChI=1S/C15H23NO4/c1-12-4-3-5-14(10-12)20-9-7-15(18)16-8-6-13(17)11-19-2/h3-5,10,13,17H,6-9,11H2,1-2H3,(H,16,18). The Morgan fingerprint density at radius 2 is 2.25 bits per heavy atom. The van der Waals surface area contributed by atoms with E-state index in [0.717, 1.165) is 11.3 Å². The van der Waals surface area contributed by atoms with E-state index in [9.17, 15) is 9.90 Å². The van der Waals surface area contributed by atoms with Gasteiger partial charge in [-0.25, -0.2) is 0 Å². The molecule has 0 bridgehead atoms. The maximum Gasteiger partial charge on any atom is 0.223 e. The van der Waals surface area contributed by atoms with Gasteiger partial charge in [-0.3, -0.25) is 4.79 Å². The Morgan fingerprint density at radius 1 is 1.45 bits per heavy atom. The molecular formula is C15H23NO4. The van der Waals surface area contributed by atoms with E-state index < -0.39 is 6.10 Å².